The molecule has 0 saturated carbocycles. The van der Waals surface area contributed by atoms with Crippen molar-refractivity contribution < 1.29 is 36.3 Å². The third kappa shape index (κ3) is 2.33. The van der Waals surface area contributed by atoms with Crippen LogP contribution in [0.2, 0.25) is 0 Å². The molecule has 5 heteroatoms. The average Bonchev–Trinajstić information content (AvgIpc) is 2.56. The summed E-state index contributed by atoms with van der Waals surface area (Å²) in [4.78, 5) is 0. The van der Waals surface area contributed by atoms with E-state index in [1.165, 1.54) is 12.1 Å². The van der Waals surface area contributed by atoms with E-state index in [0.717, 1.165) is 22.0 Å². The van der Waals surface area contributed by atoms with Crippen molar-refractivity contribution in [1.82, 2.24) is 0 Å². The van der Waals surface area contributed by atoms with Crippen LogP contribution in [0.1, 0.15) is 0 Å². The van der Waals surface area contributed by atoms with Gasteiger partial charge in [0.2, 0.25) is 5.52 Å². The minimum Gasteiger partial charge on any atom is -1.00 e. The van der Waals surface area contributed by atoms with Gasteiger partial charge < -0.3 is 31.9 Å². The first-order valence-electron chi connectivity index (χ1n) is 6.94. The molecule has 2 aromatic heterocycles. The van der Waals surface area contributed by atoms with Crippen LogP contribution < -0.4 is 26.1 Å². The first kappa shape index (κ1) is 15.4. The molecule has 0 aliphatic heterocycles. The number of hydrogen-bond acceptors (Lipinski definition) is 3. The second kappa shape index (κ2) is 5.59. The maximum Gasteiger partial charge on any atom is 0.219 e. The van der Waals surface area contributed by atoms with Crippen LogP contribution in [0, 0.1) is 0 Å². The summed E-state index contributed by atoms with van der Waals surface area (Å²) in [6, 6.07) is 12.8. The van der Waals surface area contributed by atoms with Gasteiger partial charge in [-0.3, -0.25) is 0 Å². The Bertz CT molecular complexity index is 1050. The molecule has 0 unspecified atom stereocenters. The Morgan fingerprint density at radius 3 is 2.35 bits per heavy atom. The number of rotatable bonds is 1. The van der Waals surface area contributed by atoms with Gasteiger partial charge in [-0.1, -0.05) is 6.07 Å². The number of halogens is 1. The molecule has 0 saturated heterocycles. The van der Waals surface area contributed by atoms with Crippen molar-refractivity contribution in [2.75, 3.05) is 7.11 Å². The number of aromatic hydroxyl groups is 2. The van der Waals surface area contributed by atoms with E-state index in [9.17, 15) is 10.2 Å². The zero-order chi connectivity index (χ0) is 15.3. The number of phenolic OH excluding ortho intramolecular Hbond substituents is 2. The SMILES string of the molecule is COc1ccc2cc[n+]3cc4c(O)ccc(O)c4cc3c2c1.[Br-]. The van der Waals surface area contributed by atoms with Crippen LogP contribution in [0.4, 0.5) is 0 Å². The summed E-state index contributed by atoms with van der Waals surface area (Å²) in [7, 11) is 1.64. The zero-order valence-electron chi connectivity index (χ0n) is 12.3. The van der Waals surface area contributed by atoms with Crippen molar-refractivity contribution in [2.45, 2.75) is 0 Å². The van der Waals surface area contributed by atoms with E-state index < -0.39 is 0 Å². The standard InChI is InChI=1S/C18H13NO3.BrH/c1-22-12-3-2-11-6-7-19-10-15-14(9-16(19)13(11)8-12)17(20)4-5-18(15)21;/h2-10,20H,1H3;1H. The highest BCUT2D eigenvalue weighted by Crippen LogP contribution is 2.33. The summed E-state index contributed by atoms with van der Waals surface area (Å²) < 4.78 is 7.24. The number of ether oxygens (including phenoxy) is 1. The van der Waals surface area contributed by atoms with Gasteiger partial charge in [-0.25, -0.2) is 0 Å². The molecule has 2 N–H and O–H groups in total. The number of fused-ring (bicyclic) bond motifs is 4. The van der Waals surface area contributed by atoms with Gasteiger partial charge in [-0.15, -0.1) is 0 Å². The van der Waals surface area contributed by atoms with Crippen molar-refractivity contribution >= 4 is 27.1 Å². The van der Waals surface area contributed by atoms with Gasteiger partial charge in [0.1, 0.15) is 17.2 Å². The van der Waals surface area contributed by atoms with E-state index in [0.29, 0.717) is 10.8 Å². The van der Waals surface area contributed by atoms with Gasteiger partial charge in [0.25, 0.3) is 0 Å². The Balaban J connectivity index is 0.00000156. The topological polar surface area (TPSA) is 53.8 Å². The second-order valence-electron chi connectivity index (χ2n) is 5.27. The van der Waals surface area contributed by atoms with Crippen LogP contribution >= 0.6 is 0 Å². The number of methoxy groups -OCH3 is 1. The van der Waals surface area contributed by atoms with E-state index in [1.807, 2.05) is 47.1 Å². The summed E-state index contributed by atoms with van der Waals surface area (Å²) in [5.41, 5.74) is 0.935. The Labute approximate surface area is 143 Å². The molecule has 2 heterocycles. The monoisotopic (exact) mass is 371 g/mol. The Hall–Kier alpha value is -2.53. The molecule has 0 spiro atoms. The maximum absolute atomic E-state index is 10.1. The van der Waals surface area contributed by atoms with Crippen LogP contribution in [-0.2, 0) is 0 Å². The molecular weight excluding hydrogens is 358 g/mol. The highest BCUT2D eigenvalue weighted by Gasteiger charge is 2.14. The summed E-state index contributed by atoms with van der Waals surface area (Å²) in [5, 5.41) is 23.4. The number of nitrogens with zero attached hydrogens (tertiary/aromatic N) is 1. The highest BCUT2D eigenvalue weighted by molar-refractivity contribution is 6.00. The predicted octanol–water partition coefficient (Wildman–Crippen LogP) is 0.156. The molecule has 0 radical (unpaired) electrons. The Morgan fingerprint density at radius 2 is 1.61 bits per heavy atom. The molecule has 4 rings (SSSR count). The van der Waals surface area contributed by atoms with Crippen molar-refractivity contribution in [2.24, 2.45) is 0 Å². The van der Waals surface area contributed by atoms with Gasteiger partial charge in [-0.2, -0.15) is 4.40 Å². The molecule has 2 aromatic carbocycles. The van der Waals surface area contributed by atoms with Crippen molar-refractivity contribution in [3.05, 3.63) is 54.9 Å². The average molecular weight is 372 g/mol. The molecular formula is C18H14BrNO3. The van der Waals surface area contributed by atoms with Crippen LogP contribution in [0.15, 0.2) is 54.9 Å². The van der Waals surface area contributed by atoms with Gasteiger partial charge in [0, 0.05) is 17.5 Å². The molecule has 0 aliphatic rings. The van der Waals surface area contributed by atoms with Crippen LogP contribution in [0.5, 0.6) is 17.2 Å². The minimum absolute atomic E-state index is 0. The van der Waals surface area contributed by atoms with Crippen molar-refractivity contribution in [1.29, 1.82) is 0 Å². The molecule has 0 atom stereocenters. The number of aromatic nitrogens is 1. The molecule has 0 aliphatic carbocycles. The quantitative estimate of drug-likeness (QED) is 0.217. The first-order valence-corrected chi connectivity index (χ1v) is 6.94. The lowest BCUT2D eigenvalue weighted by molar-refractivity contribution is -0.509. The lowest BCUT2D eigenvalue weighted by Gasteiger charge is -2.05. The molecule has 0 bridgehead atoms. The van der Waals surface area contributed by atoms with Gasteiger partial charge in [-0.05, 0) is 29.7 Å². The molecule has 116 valence electrons. The van der Waals surface area contributed by atoms with Crippen molar-refractivity contribution in [3.63, 3.8) is 0 Å². The molecule has 0 amide bonds. The van der Waals surface area contributed by atoms with Crippen molar-refractivity contribution in [3.8, 4) is 17.2 Å². The van der Waals surface area contributed by atoms with Crippen LogP contribution in [-0.4, -0.2) is 17.3 Å². The first-order chi connectivity index (χ1) is 10.7. The second-order valence-corrected chi connectivity index (χ2v) is 5.27. The van der Waals surface area contributed by atoms with Gasteiger partial charge in [0.05, 0.1) is 17.9 Å². The summed E-state index contributed by atoms with van der Waals surface area (Å²) >= 11 is 0. The molecule has 0 fully saturated rings. The molecule has 4 aromatic rings. The zero-order valence-corrected chi connectivity index (χ0v) is 13.9. The fourth-order valence-electron chi connectivity index (χ4n) is 2.85. The van der Waals surface area contributed by atoms with E-state index in [2.05, 4.69) is 0 Å². The largest absolute Gasteiger partial charge is 1.00 e. The highest BCUT2D eigenvalue weighted by atomic mass is 79.9. The summed E-state index contributed by atoms with van der Waals surface area (Å²) in [6.45, 7) is 0. The van der Waals surface area contributed by atoms with Crippen LogP contribution in [0.3, 0.4) is 0 Å². The maximum atomic E-state index is 10.1. The van der Waals surface area contributed by atoms with Crippen LogP contribution in [0.25, 0.3) is 27.1 Å². The minimum atomic E-state index is 0. The fraction of sp³-hybridized carbons (Fsp3) is 0.0556. The number of pyridine rings is 2. The smallest absolute Gasteiger partial charge is 0.219 e. The third-order valence-corrected chi connectivity index (χ3v) is 4.02. The molecule has 4 nitrogen and oxygen atoms in total. The van der Waals surface area contributed by atoms with Gasteiger partial charge >= 0.3 is 0 Å². The summed E-state index contributed by atoms with van der Waals surface area (Å²) in [5.74, 6) is 1.07. The van der Waals surface area contributed by atoms with E-state index in [1.54, 1.807) is 7.11 Å². The lowest BCUT2D eigenvalue weighted by atomic mass is 10.1. The Kier molecular flexibility index (Phi) is 3.74. The predicted molar refractivity (Wildman–Crippen MR) is 84.5 cm³/mol. The normalized spacial score (nSPS) is 10.8. The number of phenols is 2. The lowest BCUT2D eigenvalue weighted by Crippen LogP contribution is -3.00. The van der Waals surface area contributed by atoms with E-state index in [4.69, 9.17) is 4.74 Å². The van der Waals surface area contributed by atoms with Gasteiger partial charge in [0.15, 0.2) is 12.4 Å². The number of hydrogen-bond donors (Lipinski definition) is 2. The summed E-state index contributed by atoms with van der Waals surface area (Å²) in [6.07, 6.45) is 3.76. The third-order valence-electron chi connectivity index (χ3n) is 4.02. The molecule has 23 heavy (non-hydrogen) atoms. The fourth-order valence-corrected chi connectivity index (χ4v) is 2.85. The number of benzene rings is 2. The van der Waals surface area contributed by atoms with E-state index >= 15 is 0 Å². The Morgan fingerprint density at radius 1 is 0.870 bits per heavy atom. The van der Waals surface area contributed by atoms with E-state index in [-0.39, 0.29) is 28.5 Å².